The van der Waals surface area contributed by atoms with Crippen molar-refractivity contribution in [2.75, 3.05) is 18.4 Å². The molecule has 1 aliphatic rings. The molecule has 148 valence electrons. The van der Waals surface area contributed by atoms with Gasteiger partial charge < -0.3 is 10.6 Å². The number of rotatable bonds is 4. The number of thiazole rings is 1. The summed E-state index contributed by atoms with van der Waals surface area (Å²) in [6.07, 6.45) is 2.00. The Morgan fingerprint density at radius 1 is 1.29 bits per heavy atom. The fourth-order valence-electron chi connectivity index (χ4n) is 3.39. The molecular weight excluding hydrogens is 396 g/mol. The predicted octanol–water partition coefficient (Wildman–Crippen LogP) is 3.62. The summed E-state index contributed by atoms with van der Waals surface area (Å²) < 4.78 is 1.89. The maximum atomic E-state index is 12.7. The summed E-state index contributed by atoms with van der Waals surface area (Å²) in [4.78, 5) is 17.2. The van der Waals surface area contributed by atoms with Crippen LogP contribution in [0, 0.1) is 13.8 Å². The smallest absolute Gasteiger partial charge is 0.278 e. The fourth-order valence-corrected chi connectivity index (χ4v) is 4.01. The van der Waals surface area contributed by atoms with Crippen LogP contribution in [0.4, 0.5) is 5.69 Å². The van der Waals surface area contributed by atoms with E-state index in [9.17, 15) is 4.79 Å². The molecule has 7 nitrogen and oxygen atoms in total. The second-order valence-corrected chi connectivity index (χ2v) is 7.80. The predicted molar refractivity (Wildman–Crippen MR) is 113 cm³/mol. The molecule has 0 atom stereocenters. The van der Waals surface area contributed by atoms with Gasteiger partial charge in [0.25, 0.3) is 5.91 Å². The number of aryl methyl sites for hydroxylation is 1. The number of anilines is 1. The van der Waals surface area contributed by atoms with Gasteiger partial charge in [0.2, 0.25) is 0 Å². The molecule has 2 aromatic heterocycles. The number of hydrogen-bond acceptors (Lipinski definition) is 6. The fraction of sp³-hybridized carbons (Fsp3) is 0.368. The first-order chi connectivity index (χ1) is 13.1. The largest absolute Gasteiger partial charge is 0.321 e. The highest BCUT2D eigenvalue weighted by Crippen LogP contribution is 2.25. The zero-order valence-corrected chi connectivity index (χ0v) is 17.4. The number of carbonyl (C=O) groups is 1. The molecule has 9 heteroatoms. The molecule has 0 bridgehead atoms. The summed E-state index contributed by atoms with van der Waals surface area (Å²) in [6, 6.07) is 8.00. The van der Waals surface area contributed by atoms with Gasteiger partial charge in [-0.25, -0.2) is 9.67 Å². The molecule has 0 radical (unpaired) electrons. The molecular formula is C19H23ClN6OS. The first-order valence-corrected chi connectivity index (χ1v) is 9.96. The van der Waals surface area contributed by atoms with Gasteiger partial charge in [-0.05, 0) is 51.9 Å². The minimum Gasteiger partial charge on any atom is -0.321 e. The van der Waals surface area contributed by atoms with Crippen LogP contribution in [-0.4, -0.2) is 39.0 Å². The van der Waals surface area contributed by atoms with Crippen molar-refractivity contribution < 1.29 is 4.79 Å². The highest BCUT2D eigenvalue weighted by Gasteiger charge is 2.23. The molecule has 2 N–H and O–H groups in total. The van der Waals surface area contributed by atoms with Crippen LogP contribution in [0.1, 0.15) is 40.1 Å². The Balaban J connectivity index is 0.00000225. The number of nitrogens with one attached hydrogen (secondary N) is 2. The summed E-state index contributed by atoms with van der Waals surface area (Å²) in [7, 11) is 0. The van der Waals surface area contributed by atoms with E-state index in [4.69, 9.17) is 0 Å². The number of benzene rings is 1. The van der Waals surface area contributed by atoms with Crippen LogP contribution >= 0.6 is 23.7 Å². The van der Waals surface area contributed by atoms with Gasteiger partial charge in [0.15, 0.2) is 5.69 Å². The van der Waals surface area contributed by atoms with Crippen molar-refractivity contribution >= 4 is 35.3 Å². The third-order valence-corrected chi connectivity index (χ3v) is 5.61. The van der Waals surface area contributed by atoms with Crippen LogP contribution < -0.4 is 10.6 Å². The normalized spacial score (nSPS) is 14.5. The van der Waals surface area contributed by atoms with Crippen molar-refractivity contribution in [2.45, 2.75) is 32.7 Å². The zero-order valence-electron chi connectivity index (χ0n) is 15.8. The molecule has 3 aromatic rings. The van der Waals surface area contributed by atoms with Crippen molar-refractivity contribution in [3.05, 3.63) is 46.0 Å². The van der Waals surface area contributed by atoms with Crippen molar-refractivity contribution in [1.29, 1.82) is 0 Å². The molecule has 1 aliphatic heterocycles. The minimum atomic E-state index is -0.237. The van der Waals surface area contributed by atoms with Gasteiger partial charge in [0.05, 0.1) is 22.4 Å². The van der Waals surface area contributed by atoms with Crippen molar-refractivity contribution in [1.82, 2.24) is 25.3 Å². The molecule has 0 spiro atoms. The van der Waals surface area contributed by atoms with E-state index in [2.05, 4.69) is 25.9 Å². The maximum Gasteiger partial charge on any atom is 0.278 e. The second-order valence-electron chi connectivity index (χ2n) is 6.74. The van der Waals surface area contributed by atoms with Gasteiger partial charge in [-0.1, -0.05) is 17.3 Å². The maximum absolute atomic E-state index is 12.7. The molecule has 0 unspecified atom stereocenters. The van der Waals surface area contributed by atoms with E-state index in [0.717, 1.165) is 53.6 Å². The lowest BCUT2D eigenvalue weighted by Gasteiger charge is -2.23. The molecule has 28 heavy (non-hydrogen) atoms. The Bertz CT molecular complexity index is 963. The molecule has 4 rings (SSSR count). The molecule has 1 saturated heterocycles. The number of carbonyl (C=O) groups excluding carboxylic acids is 1. The van der Waals surface area contributed by atoms with Gasteiger partial charge in [-0.3, -0.25) is 4.79 Å². The van der Waals surface area contributed by atoms with E-state index >= 15 is 0 Å². The first-order valence-electron chi connectivity index (χ1n) is 9.08. The molecule has 1 amide bonds. The lowest BCUT2D eigenvalue weighted by atomic mass is 10.1. The number of halogens is 1. The van der Waals surface area contributed by atoms with Gasteiger partial charge in [0.1, 0.15) is 0 Å². The molecule has 1 fully saturated rings. The Morgan fingerprint density at radius 3 is 2.79 bits per heavy atom. The summed E-state index contributed by atoms with van der Waals surface area (Å²) in [5.74, 6) is -0.237. The number of nitrogens with zero attached hydrogens (tertiary/aromatic N) is 4. The summed E-state index contributed by atoms with van der Waals surface area (Å²) in [5.41, 5.74) is 3.81. The Morgan fingerprint density at radius 2 is 2.07 bits per heavy atom. The van der Waals surface area contributed by atoms with Crippen LogP contribution in [0.25, 0.3) is 11.3 Å². The summed E-state index contributed by atoms with van der Waals surface area (Å²) >= 11 is 1.61. The van der Waals surface area contributed by atoms with Gasteiger partial charge in [-0.2, -0.15) is 0 Å². The average molecular weight is 419 g/mol. The lowest BCUT2D eigenvalue weighted by molar-refractivity contribution is 0.102. The Kier molecular flexibility index (Phi) is 6.43. The van der Waals surface area contributed by atoms with E-state index in [1.165, 1.54) is 0 Å². The van der Waals surface area contributed by atoms with E-state index in [-0.39, 0.29) is 18.3 Å². The third-order valence-electron chi connectivity index (χ3n) is 4.83. The second kappa shape index (κ2) is 8.81. The van der Waals surface area contributed by atoms with Crippen LogP contribution in [-0.2, 0) is 0 Å². The monoisotopic (exact) mass is 418 g/mol. The number of piperidine rings is 1. The van der Waals surface area contributed by atoms with Crippen LogP contribution in [0.5, 0.6) is 0 Å². The zero-order chi connectivity index (χ0) is 18.8. The van der Waals surface area contributed by atoms with Crippen molar-refractivity contribution in [3.8, 4) is 11.3 Å². The molecule has 0 aliphatic carbocycles. The highest BCUT2D eigenvalue weighted by atomic mass is 35.5. The van der Waals surface area contributed by atoms with Gasteiger partial charge in [0, 0.05) is 16.6 Å². The molecule has 3 heterocycles. The SMILES string of the molecule is Cc1nc(-c2cccc(NC(=O)c3nnn(C4CCNCC4)c3C)c2)cs1.Cl. The van der Waals surface area contributed by atoms with Crippen molar-refractivity contribution in [2.24, 2.45) is 0 Å². The summed E-state index contributed by atoms with van der Waals surface area (Å²) in [5, 5.41) is 17.7. The van der Waals surface area contributed by atoms with E-state index in [1.54, 1.807) is 11.3 Å². The Hall–Kier alpha value is -2.29. The Labute approximate surface area is 174 Å². The highest BCUT2D eigenvalue weighted by molar-refractivity contribution is 7.09. The lowest BCUT2D eigenvalue weighted by Crippen LogP contribution is -2.30. The summed E-state index contributed by atoms with van der Waals surface area (Å²) in [6.45, 7) is 5.82. The molecule has 1 aromatic carbocycles. The van der Waals surface area contributed by atoms with E-state index in [1.807, 2.05) is 48.2 Å². The standard InChI is InChI=1S/C19H22N6OS.ClH/c1-12-18(23-24-25(12)16-6-8-20-9-7-16)19(26)22-15-5-3-4-14(10-15)17-11-27-13(2)21-17;/h3-5,10-11,16,20H,6-9H2,1-2H3,(H,22,26);1H. The van der Waals surface area contributed by atoms with E-state index in [0.29, 0.717) is 11.7 Å². The number of hydrogen-bond donors (Lipinski definition) is 2. The van der Waals surface area contributed by atoms with E-state index < -0.39 is 0 Å². The van der Waals surface area contributed by atoms with Crippen LogP contribution in [0.15, 0.2) is 29.6 Å². The molecule has 0 saturated carbocycles. The number of aromatic nitrogens is 4. The average Bonchev–Trinajstić information content (AvgIpc) is 3.28. The van der Waals surface area contributed by atoms with Gasteiger partial charge >= 0.3 is 0 Å². The number of amides is 1. The first kappa shape index (κ1) is 20.4. The van der Waals surface area contributed by atoms with Crippen LogP contribution in [0.2, 0.25) is 0 Å². The van der Waals surface area contributed by atoms with Gasteiger partial charge in [-0.15, -0.1) is 28.8 Å². The van der Waals surface area contributed by atoms with Crippen molar-refractivity contribution in [3.63, 3.8) is 0 Å². The third kappa shape index (κ3) is 4.24. The quantitative estimate of drug-likeness (QED) is 0.676. The topological polar surface area (TPSA) is 84.7 Å². The minimum absolute atomic E-state index is 0. The van der Waals surface area contributed by atoms with Crippen LogP contribution in [0.3, 0.4) is 0 Å².